The molecular formula is C18H21N5O2. The summed E-state index contributed by atoms with van der Waals surface area (Å²) in [6, 6.07) is 3.64. The molecule has 0 unspecified atom stereocenters. The van der Waals surface area contributed by atoms with E-state index in [1.54, 1.807) is 42.7 Å². The molecule has 1 spiro atoms. The van der Waals surface area contributed by atoms with Crippen LogP contribution >= 0.6 is 0 Å². The van der Waals surface area contributed by atoms with Gasteiger partial charge in [-0.05, 0) is 26.0 Å². The number of nitrogens with zero attached hydrogens (tertiary/aromatic N) is 5. The van der Waals surface area contributed by atoms with Gasteiger partial charge in [0.15, 0.2) is 5.82 Å². The predicted molar refractivity (Wildman–Crippen MR) is 93.8 cm³/mol. The molecule has 0 saturated carbocycles. The van der Waals surface area contributed by atoms with Crippen LogP contribution in [-0.2, 0) is 12.5 Å². The Balaban J connectivity index is 1.60. The minimum absolute atomic E-state index is 0.177. The molecule has 0 aromatic carbocycles. The number of carbonyl (C=O) groups is 1. The maximum Gasteiger partial charge on any atom is 0.263 e. The van der Waals surface area contributed by atoms with Crippen molar-refractivity contribution >= 4 is 11.7 Å². The maximum absolute atomic E-state index is 12.7. The van der Waals surface area contributed by atoms with E-state index in [4.69, 9.17) is 0 Å². The van der Waals surface area contributed by atoms with Gasteiger partial charge >= 0.3 is 0 Å². The number of carbonyl (C=O) groups excluding carboxylic acids is 1. The van der Waals surface area contributed by atoms with Crippen LogP contribution in [0.3, 0.4) is 0 Å². The summed E-state index contributed by atoms with van der Waals surface area (Å²) < 4.78 is 1.43. The van der Waals surface area contributed by atoms with Gasteiger partial charge in [-0.25, -0.2) is 4.98 Å². The summed E-state index contributed by atoms with van der Waals surface area (Å²) >= 11 is 0. The summed E-state index contributed by atoms with van der Waals surface area (Å²) in [4.78, 5) is 38.0. The highest BCUT2D eigenvalue weighted by Crippen LogP contribution is 2.45. The lowest BCUT2D eigenvalue weighted by atomic mass is 9.78. The van der Waals surface area contributed by atoms with Crippen LogP contribution in [-0.4, -0.2) is 51.0 Å². The summed E-state index contributed by atoms with van der Waals surface area (Å²) in [6.07, 6.45) is 5.07. The van der Waals surface area contributed by atoms with Crippen molar-refractivity contribution < 1.29 is 4.79 Å². The van der Waals surface area contributed by atoms with E-state index in [0.717, 1.165) is 18.1 Å². The number of hydrogen-bond donors (Lipinski definition) is 0. The number of amides is 1. The number of likely N-dealkylation sites (tertiary alicyclic amines) is 1. The Labute approximate surface area is 145 Å². The summed E-state index contributed by atoms with van der Waals surface area (Å²) in [5, 5.41) is 0. The summed E-state index contributed by atoms with van der Waals surface area (Å²) in [5.74, 6) is 0.709. The van der Waals surface area contributed by atoms with Crippen LogP contribution in [0.1, 0.15) is 29.9 Å². The fraction of sp³-hybridized carbons (Fsp3) is 0.444. The standard InChI is InChI=1S/C18H21N5O2/c1-12(2)23-11-18(14-15(23)20-7-6-19-14)9-22(10-18)17(25)13-5-4-8-21(3)16(13)24/h4-8,12H,9-11H2,1-3H3. The van der Waals surface area contributed by atoms with Crippen molar-refractivity contribution in [3.63, 3.8) is 0 Å². The first-order valence-corrected chi connectivity index (χ1v) is 8.46. The zero-order chi connectivity index (χ0) is 17.8. The zero-order valence-electron chi connectivity index (χ0n) is 14.6. The monoisotopic (exact) mass is 339 g/mol. The van der Waals surface area contributed by atoms with E-state index in [2.05, 4.69) is 28.7 Å². The fourth-order valence-electron chi connectivity index (χ4n) is 3.83. The van der Waals surface area contributed by atoms with E-state index in [9.17, 15) is 9.59 Å². The van der Waals surface area contributed by atoms with E-state index >= 15 is 0 Å². The largest absolute Gasteiger partial charge is 0.352 e. The van der Waals surface area contributed by atoms with Crippen LogP contribution in [0.4, 0.5) is 5.82 Å². The third-order valence-corrected chi connectivity index (χ3v) is 5.18. The molecule has 4 heterocycles. The van der Waals surface area contributed by atoms with Crippen LogP contribution in [0.5, 0.6) is 0 Å². The SMILES string of the molecule is CC(C)N1CC2(CN(C(=O)c3cccn(C)c3=O)C2)c2nccnc21. The second-order valence-electron chi connectivity index (χ2n) is 7.23. The van der Waals surface area contributed by atoms with E-state index in [1.807, 2.05) is 0 Å². The molecule has 2 aromatic rings. The van der Waals surface area contributed by atoms with Gasteiger partial charge in [0.2, 0.25) is 0 Å². The summed E-state index contributed by atoms with van der Waals surface area (Å²) in [6.45, 7) is 6.21. The van der Waals surface area contributed by atoms with Crippen molar-refractivity contribution in [2.75, 3.05) is 24.5 Å². The molecule has 0 aliphatic carbocycles. The van der Waals surface area contributed by atoms with Crippen molar-refractivity contribution in [2.24, 2.45) is 7.05 Å². The molecule has 130 valence electrons. The molecule has 7 heteroatoms. The van der Waals surface area contributed by atoms with Crippen molar-refractivity contribution in [3.8, 4) is 0 Å². The van der Waals surface area contributed by atoms with E-state index in [1.165, 1.54) is 4.57 Å². The highest BCUT2D eigenvalue weighted by molar-refractivity contribution is 5.94. The average Bonchev–Trinajstić information content (AvgIpc) is 2.91. The average molecular weight is 339 g/mol. The number of fused-ring (bicyclic) bond motifs is 2. The van der Waals surface area contributed by atoms with Gasteiger partial charge in [-0.3, -0.25) is 14.6 Å². The first-order chi connectivity index (χ1) is 11.9. The molecular weight excluding hydrogens is 318 g/mol. The van der Waals surface area contributed by atoms with Crippen molar-refractivity contribution in [1.82, 2.24) is 19.4 Å². The normalized spacial score (nSPS) is 17.8. The van der Waals surface area contributed by atoms with Gasteiger partial charge < -0.3 is 14.4 Å². The predicted octanol–water partition coefficient (Wildman–Crippen LogP) is 0.798. The molecule has 7 nitrogen and oxygen atoms in total. The number of hydrogen-bond acceptors (Lipinski definition) is 5. The van der Waals surface area contributed by atoms with Gasteiger partial charge in [0.05, 0.1) is 11.1 Å². The van der Waals surface area contributed by atoms with E-state index in [0.29, 0.717) is 19.1 Å². The smallest absolute Gasteiger partial charge is 0.263 e. The van der Waals surface area contributed by atoms with Gasteiger partial charge in [-0.2, -0.15) is 0 Å². The molecule has 1 fully saturated rings. The van der Waals surface area contributed by atoms with Gasteiger partial charge in [-0.15, -0.1) is 0 Å². The van der Waals surface area contributed by atoms with Crippen LogP contribution in [0, 0.1) is 0 Å². The Morgan fingerprint density at radius 3 is 2.64 bits per heavy atom. The first-order valence-electron chi connectivity index (χ1n) is 8.46. The second-order valence-corrected chi connectivity index (χ2v) is 7.23. The molecule has 0 radical (unpaired) electrons. The Bertz CT molecular complexity index is 898. The maximum atomic E-state index is 12.7. The topological polar surface area (TPSA) is 71.3 Å². The first kappa shape index (κ1) is 15.8. The fourth-order valence-corrected chi connectivity index (χ4v) is 3.83. The molecule has 0 bridgehead atoms. The highest BCUT2D eigenvalue weighted by Gasteiger charge is 2.55. The van der Waals surface area contributed by atoms with E-state index in [-0.39, 0.29) is 22.4 Å². The lowest BCUT2D eigenvalue weighted by Gasteiger charge is -2.47. The summed E-state index contributed by atoms with van der Waals surface area (Å²) in [7, 11) is 1.65. The minimum Gasteiger partial charge on any atom is -0.352 e. The third-order valence-electron chi connectivity index (χ3n) is 5.18. The number of aromatic nitrogens is 3. The summed E-state index contributed by atoms with van der Waals surface area (Å²) in [5.41, 5.74) is 0.749. The van der Waals surface area contributed by atoms with Gasteiger partial charge in [-0.1, -0.05) is 0 Å². The van der Waals surface area contributed by atoms with Crippen LogP contribution in [0.25, 0.3) is 0 Å². The van der Waals surface area contributed by atoms with E-state index < -0.39 is 0 Å². The van der Waals surface area contributed by atoms with Crippen LogP contribution < -0.4 is 10.5 Å². The molecule has 1 saturated heterocycles. The number of aryl methyl sites for hydroxylation is 1. The second kappa shape index (κ2) is 5.40. The molecule has 0 N–H and O–H groups in total. The van der Waals surface area contributed by atoms with Gasteiger partial charge in [0.25, 0.3) is 11.5 Å². The molecule has 1 amide bonds. The zero-order valence-corrected chi connectivity index (χ0v) is 14.6. The molecule has 2 aliphatic rings. The van der Waals surface area contributed by atoms with Crippen molar-refractivity contribution in [1.29, 1.82) is 0 Å². The highest BCUT2D eigenvalue weighted by atomic mass is 16.2. The molecule has 2 aromatic heterocycles. The Morgan fingerprint density at radius 2 is 1.92 bits per heavy atom. The Kier molecular flexibility index (Phi) is 3.42. The molecule has 4 rings (SSSR count). The molecule has 25 heavy (non-hydrogen) atoms. The number of pyridine rings is 1. The van der Waals surface area contributed by atoms with Crippen LogP contribution in [0.15, 0.2) is 35.5 Å². The minimum atomic E-state index is -0.260. The van der Waals surface area contributed by atoms with Gasteiger partial charge in [0.1, 0.15) is 5.56 Å². The lowest BCUT2D eigenvalue weighted by molar-refractivity contribution is 0.0413. The van der Waals surface area contributed by atoms with Crippen LogP contribution in [0.2, 0.25) is 0 Å². The number of anilines is 1. The van der Waals surface area contributed by atoms with Crippen molar-refractivity contribution in [2.45, 2.75) is 25.3 Å². The lowest BCUT2D eigenvalue weighted by Crippen LogP contribution is -2.63. The molecule has 0 atom stereocenters. The quantitative estimate of drug-likeness (QED) is 0.809. The van der Waals surface area contributed by atoms with Gasteiger partial charge in [0, 0.05) is 51.3 Å². The number of rotatable bonds is 2. The van der Waals surface area contributed by atoms with Crippen molar-refractivity contribution in [3.05, 3.63) is 52.3 Å². The Morgan fingerprint density at radius 1 is 1.20 bits per heavy atom. The Hall–Kier alpha value is -2.70. The third kappa shape index (κ3) is 2.26. The molecule has 2 aliphatic heterocycles.